The first-order valence-electron chi connectivity index (χ1n) is 13.5. The van der Waals surface area contributed by atoms with Crippen molar-refractivity contribution >= 4 is 24.1 Å². The van der Waals surface area contributed by atoms with Gasteiger partial charge in [-0.3, -0.25) is 9.80 Å². The van der Waals surface area contributed by atoms with Gasteiger partial charge in [-0.2, -0.15) is 0 Å². The smallest absolute Gasteiger partial charge is 0.411 e. The summed E-state index contributed by atoms with van der Waals surface area (Å²) in [5.74, 6) is -1.63. The number of carbonyl (C=O) groups excluding carboxylic acids is 4. The second-order valence-corrected chi connectivity index (χ2v) is 12.0. The van der Waals surface area contributed by atoms with E-state index >= 15 is 0 Å². The Morgan fingerprint density at radius 1 is 0.675 bits per heavy atom. The molecule has 2 saturated heterocycles. The molecule has 40 heavy (non-hydrogen) atoms. The summed E-state index contributed by atoms with van der Waals surface area (Å²) in [6.07, 6.45) is -7.11. The average Bonchev–Trinajstić information content (AvgIpc) is 3.52. The number of ether oxygens (including phenoxy) is 4. The molecule has 0 aromatic rings. The van der Waals surface area contributed by atoms with Crippen molar-refractivity contribution in [3.63, 3.8) is 0 Å². The quantitative estimate of drug-likeness (QED) is 0.217. The Balaban J connectivity index is 1.82. The lowest BCUT2D eigenvalue weighted by molar-refractivity contribution is -0.166. The molecule has 230 valence electrons. The molecule has 0 aromatic heterocycles. The zero-order valence-corrected chi connectivity index (χ0v) is 24.1. The van der Waals surface area contributed by atoms with Gasteiger partial charge >= 0.3 is 24.1 Å². The maximum Gasteiger partial charge on any atom is 0.411 e. The molecule has 6 atom stereocenters. The minimum atomic E-state index is -1.96. The summed E-state index contributed by atoms with van der Waals surface area (Å²) in [4.78, 5) is 52.3. The number of aliphatic hydroxyl groups is 4. The highest BCUT2D eigenvalue weighted by Crippen LogP contribution is 2.23. The highest BCUT2D eigenvalue weighted by atomic mass is 16.6. The summed E-state index contributed by atoms with van der Waals surface area (Å²) in [5, 5.41) is 41.0. The molecule has 2 aliphatic heterocycles. The Hall–Kier alpha value is -2.68. The Morgan fingerprint density at radius 2 is 1.00 bits per heavy atom. The molecule has 0 aromatic carbocycles. The van der Waals surface area contributed by atoms with Gasteiger partial charge < -0.3 is 39.4 Å². The molecule has 0 radical (unpaired) electrons. The van der Waals surface area contributed by atoms with Crippen LogP contribution in [0.25, 0.3) is 0 Å². The van der Waals surface area contributed by atoms with Crippen LogP contribution in [0.4, 0.5) is 9.59 Å². The Bertz CT molecular complexity index is 827. The first-order valence-corrected chi connectivity index (χ1v) is 13.5. The minimum Gasteiger partial charge on any atom is -0.461 e. The molecule has 14 nitrogen and oxygen atoms in total. The van der Waals surface area contributed by atoms with Crippen LogP contribution in [0.2, 0.25) is 0 Å². The fraction of sp³-hybridized carbons (Fsp3) is 0.846. The molecule has 0 bridgehead atoms. The second kappa shape index (κ2) is 13.8. The summed E-state index contributed by atoms with van der Waals surface area (Å²) >= 11 is 0. The van der Waals surface area contributed by atoms with Crippen LogP contribution in [0.1, 0.15) is 67.2 Å². The molecule has 4 N–H and O–H groups in total. The van der Waals surface area contributed by atoms with Crippen molar-refractivity contribution in [3.05, 3.63) is 0 Å². The van der Waals surface area contributed by atoms with E-state index in [1.54, 1.807) is 41.5 Å². The van der Waals surface area contributed by atoms with Crippen molar-refractivity contribution in [2.45, 2.75) is 115 Å². The van der Waals surface area contributed by atoms with Gasteiger partial charge in [-0.05, 0) is 67.2 Å². The minimum absolute atomic E-state index is 0.292. The van der Waals surface area contributed by atoms with Gasteiger partial charge in [0.15, 0.2) is 0 Å². The van der Waals surface area contributed by atoms with Gasteiger partial charge in [0, 0.05) is 13.1 Å². The van der Waals surface area contributed by atoms with E-state index in [0.717, 1.165) is 0 Å². The third-order valence-electron chi connectivity index (χ3n) is 6.24. The molecule has 2 rings (SSSR count). The van der Waals surface area contributed by atoms with Crippen molar-refractivity contribution < 1.29 is 58.6 Å². The lowest BCUT2D eigenvalue weighted by Gasteiger charge is -2.29. The third-order valence-corrected chi connectivity index (χ3v) is 6.24. The number of aliphatic hydroxyl groups excluding tert-OH is 4. The monoisotopic (exact) mass is 576 g/mol. The van der Waals surface area contributed by atoms with Crippen molar-refractivity contribution in [3.8, 4) is 0 Å². The van der Waals surface area contributed by atoms with Gasteiger partial charge in [0.1, 0.15) is 60.9 Å². The summed E-state index contributed by atoms with van der Waals surface area (Å²) in [7, 11) is 0. The first-order chi connectivity index (χ1) is 18.4. The standard InChI is InChI=1S/C26H44N2O12/c1-25(2,3)39-23(35)27-11-7-9-15(27)21(33)37-13-17(29)19(31)20(32)18(30)14-38-22(34)16-10-8-12-28(16)24(36)40-26(4,5)6/h15-20,29-32H,7-14H2,1-6H3/t15-,16-,17-,18+,19+,20+/m0/s1. The Kier molecular flexibility index (Phi) is 11.6. The van der Waals surface area contributed by atoms with Crippen LogP contribution in [-0.2, 0) is 28.5 Å². The van der Waals surface area contributed by atoms with Crippen LogP contribution in [0.5, 0.6) is 0 Å². The van der Waals surface area contributed by atoms with Gasteiger partial charge in [-0.25, -0.2) is 19.2 Å². The van der Waals surface area contributed by atoms with Crippen LogP contribution in [0.15, 0.2) is 0 Å². The lowest BCUT2D eigenvalue weighted by atomic mass is 10.0. The molecule has 0 spiro atoms. The zero-order chi connectivity index (χ0) is 30.4. The van der Waals surface area contributed by atoms with E-state index in [9.17, 15) is 39.6 Å². The number of hydrogen-bond acceptors (Lipinski definition) is 12. The van der Waals surface area contributed by atoms with Crippen molar-refractivity contribution in [2.75, 3.05) is 26.3 Å². The predicted molar refractivity (Wildman–Crippen MR) is 138 cm³/mol. The average molecular weight is 577 g/mol. The van der Waals surface area contributed by atoms with Crippen molar-refractivity contribution in [1.29, 1.82) is 0 Å². The van der Waals surface area contributed by atoms with Crippen LogP contribution >= 0.6 is 0 Å². The number of amides is 2. The van der Waals surface area contributed by atoms with Gasteiger partial charge in [0.2, 0.25) is 0 Å². The van der Waals surface area contributed by atoms with Gasteiger partial charge in [0.25, 0.3) is 0 Å². The van der Waals surface area contributed by atoms with E-state index in [-0.39, 0.29) is 0 Å². The van der Waals surface area contributed by atoms with E-state index in [0.29, 0.717) is 38.8 Å². The maximum atomic E-state index is 12.5. The van der Waals surface area contributed by atoms with E-state index < -0.39 is 85.0 Å². The number of nitrogens with zero attached hydrogens (tertiary/aromatic N) is 2. The summed E-state index contributed by atoms with van der Waals surface area (Å²) in [6, 6.07) is -1.85. The van der Waals surface area contributed by atoms with E-state index in [1.165, 1.54) is 9.80 Å². The van der Waals surface area contributed by atoms with E-state index in [2.05, 4.69) is 0 Å². The van der Waals surface area contributed by atoms with Crippen LogP contribution in [0, 0.1) is 0 Å². The van der Waals surface area contributed by atoms with Crippen LogP contribution in [0.3, 0.4) is 0 Å². The molecule has 2 heterocycles. The molecule has 2 fully saturated rings. The highest BCUT2D eigenvalue weighted by molar-refractivity contribution is 5.83. The predicted octanol–water partition coefficient (Wildman–Crippen LogP) is 0.315. The normalized spacial score (nSPS) is 22.8. The topological polar surface area (TPSA) is 193 Å². The summed E-state index contributed by atoms with van der Waals surface area (Å²) < 4.78 is 20.7. The van der Waals surface area contributed by atoms with Gasteiger partial charge in [-0.15, -0.1) is 0 Å². The molecule has 0 unspecified atom stereocenters. The van der Waals surface area contributed by atoms with E-state index in [1.807, 2.05) is 0 Å². The molecular formula is C26H44N2O12. The Labute approximate surface area is 234 Å². The largest absolute Gasteiger partial charge is 0.461 e. The fourth-order valence-corrected chi connectivity index (χ4v) is 4.28. The number of esters is 2. The number of hydrogen-bond donors (Lipinski definition) is 4. The summed E-state index contributed by atoms with van der Waals surface area (Å²) in [5.41, 5.74) is -1.51. The zero-order valence-electron chi connectivity index (χ0n) is 24.1. The van der Waals surface area contributed by atoms with Crippen LogP contribution in [-0.4, -0.2) is 128 Å². The molecule has 14 heteroatoms. The molecule has 0 aliphatic carbocycles. The molecule has 0 saturated carbocycles. The van der Waals surface area contributed by atoms with Gasteiger partial charge in [0.05, 0.1) is 0 Å². The van der Waals surface area contributed by atoms with Gasteiger partial charge in [-0.1, -0.05) is 0 Å². The fourth-order valence-electron chi connectivity index (χ4n) is 4.28. The number of rotatable bonds is 9. The Morgan fingerprint density at radius 3 is 1.30 bits per heavy atom. The molecular weight excluding hydrogens is 532 g/mol. The van der Waals surface area contributed by atoms with Crippen molar-refractivity contribution in [1.82, 2.24) is 9.80 Å². The number of carbonyl (C=O) groups is 4. The first kappa shape index (κ1) is 33.5. The third kappa shape index (κ3) is 9.75. The second-order valence-electron chi connectivity index (χ2n) is 12.0. The summed E-state index contributed by atoms with van der Waals surface area (Å²) in [6.45, 7) is 9.30. The lowest BCUT2D eigenvalue weighted by Crippen LogP contribution is -2.49. The number of likely N-dealkylation sites (tertiary alicyclic amines) is 2. The van der Waals surface area contributed by atoms with Crippen molar-refractivity contribution in [2.24, 2.45) is 0 Å². The SMILES string of the molecule is CC(C)(C)OC(=O)N1CCC[C@H]1C(=O)OC[C@@H](O)[C@@H](O)[C@H](O)[C@@H](O)COC(=O)[C@@H]1CCCN1C(=O)OC(C)(C)C. The van der Waals surface area contributed by atoms with E-state index in [4.69, 9.17) is 18.9 Å². The molecule has 2 amide bonds. The molecule has 2 aliphatic rings. The maximum absolute atomic E-state index is 12.5. The highest BCUT2D eigenvalue weighted by Gasteiger charge is 2.40. The van der Waals surface area contributed by atoms with Crippen LogP contribution < -0.4 is 0 Å².